The summed E-state index contributed by atoms with van der Waals surface area (Å²) in [5.74, 6) is 0. The molecule has 0 radical (unpaired) electrons. The van der Waals surface area contributed by atoms with Crippen molar-refractivity contribution in [2.45, 2.75) is 54.6 Å². The van der Waals surface area contributed by atoms with Crippen molar-refractivity contribution in [2.75, 3.05) is 39.3 Å². The fourth-order valence-electron chi connectivity index (χ4n) is 5.37. The van der Waals surface area contributed by atoms with Crippen molar-refractivity contribution in [1.29, 1.82) is 0 Å². The van der Waals surface area contributed by atoms with Crippen LogP contribution in [0.2, 0.25) is 0 Å². The van der Waals surface area contributed by atoms with Crippen molar-refractivity contribution < 1.29 is 9.15 Å². The Morgan fingerprint density at radius 1 is 0.594 bits per heavy atom. The predicted octanol–water partition coefficient (Wildman–Crippen LogP) is 3.95. The topological polar surface area (TPSA) is 12.5 Å². The van der Waals surface area contributed by atoms with Crippen molar-refractivity contribution in [1.82, 2.24) is 9.80 Å². The largest absolute Gasteiger partial charge is 0.260 e. The first kappa shape index (κ1) is 22.6. The van der Waals surface area contributed by atoms with Crippen LogP contribution in [-0.2, 0) is 13.1 Å². The van der Waals surface area contributed by atoms with E-state index in [1.54, 1.807) is 0 Å². The van der Waals surface area contributed by atoms with Gasteiger partial charge in [-0.3, -0.25) is 19.0 Å². The van der Waals surface area contributed by atoms with Gasteiger partial charge in [-0.1, -0.05) is 35.4 Å². The highest BCUT2D eigenvalue weighted by Crippen LogP contribution is 2.19. The van der Waals surface area contributed by atoms with Gasteiger partial charge in [-0.05, 0) is 74.9 Å². The van der Waals surface area contributed by atoms with Gasteiger partial charge in [0.1, 0.15) is 52.4 Å². The molecule has 0 aliphatic carbocycles. The molecule has 2 aromatic rings. The lowest BCUT2D eigenvalue weighted by atomic mass is 10.00. The Bertz CT molecular complexity index is 932. The third-order valence-electron chi connectivity index (χ3n) is 7.08. The average Bonchev–Trinajstić information content (AvgIpc) is 3.35. The minimum absolute atomic E-state index is 1.02. The van der Waals surface area contributed by atoms with E-state index in [1.807, 2.05) is 0 Å². The summed E-state index contributed by atoms with van der Waals surface area (Å²) in [4.78, 5) is 4.98. The molecule has 0 aromatic heterocycles. The van der Waals surface area contributed by atoms with Gasteiger partial charge in [-0.25, -0.2) is 0 Å². The van der Waals surface area contributed by atoms with Crippen molar-refractivity contribution in [3.8, 4) is 0 Å². The molecular weight excluding hydrogens is 392 g/mol. The van der Waals surface area contributed by atoms with E-state index in [9.17, 15) is 0 Å². The van der Waals surface area contributed by atoms with Crippen LogP contribution in [0.3, 0.4) is 0 Å². The molecule has 2 aliphatic rings. The van der Waals surface area contributed by atoms with Crippen LogP contribution >= 0.6 is 0 Å². The van der Waals surface area contributed by atoms with Gasteiger partial charge in [0.05, 0.1) is 0 Å². The first-order valence-electron chi connectivity index (χ1n) is 12.1. The fraction of sp³-hybridized carbons (Fsp3) is 0.500. The van der Waals surface area contributed by atoms with Crippen LogP contribution in [0, 0.1) is 41.5 Å². The molecule has 0 atom stereocenters. The third kappa shape index (κ3) is 5.23. The number of nitrogens with zero attached hydrogens (tertiary/aromatic N) is 4. The number of hydrogen-bond donors (Lipinski definition) is 0. The van der Waals surface area contributed by atoms with Gasteiger partial charge in [-0.15, -0.1) is 0 Å². The summed E-state index contributed by atoms with van der Waals surface area (Å²) in [6.07, 6.45) is 4.71. The normalized spacial score (nSPS) is 16.1. The molecule has 4 nitrogen and oxygen atoms in total. The minimum atomic E-state index is 1.02. The second-order valence-corrected chi connectivity index (χ2v) is 10.00. The molecule has 4 heteroatoms. The van der Waals surface area contributed by atoms with Crippen LogP contribution in [0.4, 0.5) is 0 Å². The Morgan fingerprint density at radius 3 is 1.28 bits per heavy atom. The van der Waals surface area contributed by atoms with Gasteiger partial charge < -0.3 is 0 Å². The van der Waals surface area contributed by atoms with Crippen LogP contribution in [0.5, 0.6) is 0 Å². The van der Waals surface area contributed by atoms with E-state index in [0.29, 0.717) is 0 Å². The second kappa shape index (κ2) is 9.48. The molecule has 4 rings (SSSR count). The Balaban J connectivity index is 1.31. The maximum Gasteiger partial charge on any atom is 0.234 e. The van der Waals surface area contributed by atoms with Crippen molar-refractivity contribution in [3.63, 3.8) is 0 Å². The van der Waals surface area contributed by atoms with Gasteiger partial charge in [-0.2, -0.15) is 0 Å². The summed E-state index contributed by atoms with van der Waals surface area (Å²) >= 11 is 0. The summed E-state index contributed by atoms with van der Waals surface area (Å²) in [7, 11) is 0. The van der Waals surface area contributed by atoms with E-state index >= 15 is 0 Å². The predicted molar refractivity (Wildman–Crippen MR) is 134 cm³/mol. The van der Waals surface area contributed by atoms with Crippen molar-refractivity contribution >= 4 is 12.7 Å². The van der Waals surface area contributed by atoms with E-state index < -0.39 is 0 Å². The van der Waals surface area contributed by atoms with E-state index in [-0.39, 0.29) is 0 Å². The molecule has 0 N–H and O–H groups in total. The standard InChI is InChI=1S/C28H40N4/c1-21-13-23(3)27(24(4)14-21)17-31-11-9-29(19-31)7-8-30-10-12-32(20-30)18-28-25(5)15-22(2)16-26(28)6/h13-16,19-20H,7-12,17-18H2,1-6H3/q+2. The highest BCUT2D eigenvalue weighted by atomic mass is 15.3. The van der Waals surface area contributed by atoms with Crippen LogP contribution in [0.25, 0.3) is 0 Å². The molecule has 2 heterocycles. The molecule has 0 fully saturated rings. The summed E-state index contributed by atoms with van der Waals surface area (Å²) in [6.45, 7) is 22.1. The molecule has 0 saturated heterocycles. The summed E-state index contributed by atoms with van der Waals surface area (Å²) in [6, 6.07) is 9.24. The lowest BCUT2D eigenvalue weighted by Gasteiger charge is -2.11. The maximum atomic E-state index is 2.49. The molecular formula is C28H40N4+2. The quantitative estimate of drug-likeness (QED) is 0.615. The second-order valence-electron chi connectivity index (χ2n) is 10.00. The van der Waals surface area contributed by atoms with Gasteiger partial charge in [0.25, 0.3) is 0 Å². The molecule has 0 unspecified atom stereocenters. The summed E-state index contributed by atoms with van der Waals surface area (Å²) < 4.78 is 4.96. The molecule has 0 spiro atoms. The van der Waals surface area contributed by atoms with Crippen molar-refractivity contribution in [3.05, 3.63) is 68.8 Å². The molecule has 2 aliphatic heterocycles. The van der Waals surface area contributed by atoms with Crippen LogP contribution in [-0.4, -0.2) is 70.9 Å². The smallest absolute Gasteiger partial charge is 0.234 e. The monoisotopic (exact) mass is 432 g/mol. The molecule has 0 amide bonds. The Hall–Kier alpha value is -2.62. The van der Waals surface area contributed by atoms with Crippen LogP contribution in [0.1, 0.15) is 44.5 Å². The minimum Gasteiger partial charge on any atom is -0.260 e. The Labute approximate surface area is 194 Å². The number of rotatable bonds is 7. The fourth-order valence-corrected chi connectivity index (χ4v) is 5.37. The number of aryl methyl sites for hydroxylation is 6. The first-order valence-corrected chi connectivity index (χ1v) is 12.1. The van der Waals surface area contributed by atoms with E-state index in [0.717, 1.165) is 52.4 Å². The molecule has 0 bridgehead atoms. The van der Waals surface area contributed by atoms with E-state index in [2.05, 4.69) is 97.4 Å². The van der Waals surface area contributed by atoms with Crippen LogP contribution < -0.4 is 0 Å². The van der Waals surface area contributed by atoms with Crippen molar-refractivity contribution in [2.24, 2.45) is 0 Å². The first-order chi connectivity index (χ1) is 15.3. The zero-order chi connectivity index (χ0) is 22.8. The molecule has 2 aromatic carbocycles. The highest BCUT2D eigenvalue weighted by Gasteiger charge is 2.25. The zero-order valence-electron chi connectivity index (χ0n) is 20.9. The zero-order valence-corrected chi connectivity index (χ0v) is 20.9. The van der Waals surface area contributed by atoms with Gasteiger partial charge in [0, 0.05) is 0 Å². The summed E-state index contributed by atoms with van der Waals surface area (Å²) in [5, 5.41) is 0. The number of benzene rings is 2. The van der Waals surface area contributed by atoms with Gasteiger partial charge >= 0.3 is 0 Å². The molecule has 170 valence electrons. The van der Waals surface area contributed by atoms with E-state index in [1.165, 1.54) is 44.5 Å². The van der Waals surface area contributed by atoms with Gasteiger partial charge in [0.15, 0.2) is 0 Å². The summed E-state index contributed by atoms with van der Waals surface area (Å²) in [5.41, 5.74) is 11.4. The van der Waals surface area contributed by atoms with E-state index in [4.69, 9.17) is 0 Å². The SMILES string of the molecule is Cc1cc(C)c(C[N+]2=CN(CCN3C=[N+](Cc4c(C)cc(C)cc4C)CC3)CC2)c(C)c1. The molecule has 0 saturated carbocycles. The van der Waals surface area contributed by atoms with Gasteiger partial charge in [0.2, 0.25) is 12.7 Å². The third-order valence-corrected chi connectivity index (χ3v) is 7.08. The highest BCUT2D eigenvalue weighted by molar-refractivity contribution is 5.52. The van der Waals surface area contributed by atoms with Crippen LogP contribution in [0.15, 0.2) is 24.3 Å². The Kier molecular flexibility index (Phi) is 6.68. The number of hydrogen-bond acceptors (Lipinski definition) is 2. The lowest BCUT2D eigenvalue weighted by molar-refractivity contribution is -0.530. The maximum absolute atomic E-state index is 2.49. The molecule has 32 heavy (non-hydrogen) atoms. The Morgan fingerprint density at radius 2 is 0.938 bits per heavy atom. The average molecular weight is 433 g/mol. The lowest BCUT2D eigenvalue weighted by Crippen LogP contribution is -2.32.